The van der Waals surface area contributed by atoms with Gasteiger partial charge in [-0.15, -0.1) is 0 Å². The topological polar surface area (TPSA) is 49.8 Å². The Morgan fingerprint density at radius 1 is 1.75 bits per heavy atom. The minimum absolute atomic E-state index is 0.111. The predicted molar refractivity (Wildman–Crippen MR) is 44.2 cm³/mol. The van der Waals surface area contributed by atoms with Crippen molar-refractivity contribution in [1.29, 1.82) is 0 Å². The molecule has 1 N–H and O–H groups in total. The summed E-state index contributed by atoms with van der Waals surface area (Å²) >= 11 is 0. The summed E-state index contributed by atoms with van der Waals surface area (Å²) in [5.74, 6) is 0. The number of rotatable bonds is 2. The Kier molecular flexibility index (Phi) is 3.34. The van der Waals surface area contributed by atoms with Crippen LogP contribution in [0.25, 0.3) is 0 Å². The molecule has 4 heteroatoms. The molecule has 0 aromatic heterocycles. The molecule has 0 radical (unpaired) electrons. The average molecular weight is 173 g/mol. The van der Waals surface area contributed by atoms with E-state index in [-0.39, 0.29) is 6.10 Å². The zero-order valence-electron chi connectivity index (χ0n) is 7.32. The van der Waals surface area contributed by atoms with Gasteiger partial charge in [0.25, 0.3) is 0 Å². The molecular weight excluding hydrogens is 158 g/mol. The summed E-state index contributed by atoms with van der Waals surface area (Å²) in [6, 6.07) is 0. The van der Waals surface area contributed by atoms with Crippen LogP contribution in [0.3, 0.4) is 0 Å². The highest BCUT2D eigenvalue weighted by molar-refractivity contribution is 5.65. The molecule has 1 aliphatic heterocycles. The van der Waals surface area contributed by atoms with Crippen molar-refractivity contribution >= 4 is 6.09 Å². The number of amides is 1. The van der Waals surface area contributed by atoms with Gasteiger partial charge in [0.05, 0.1) is 12.6 Å². The molecule has 0 aromatic carbocycles. The molecule has 1 saturated heterocycles. The van der Waals surface area contributed by atoms with Crippen molar-refractivity contribution in [2.45, 2.75) is 25.9 Å². The molecule has 0 bridgehead atoms. The molecule has 1 amide bonds. The summed E-state index contributed by atoms with van der Waals surface area (Å²) in [7, 11) is 0. The maximum absolute atomic E-state index is 10.6. The first-order valence-corrected chi connectivity index (χ1v) is 4.33. The summed E-state index contributed by atoms with van der Waals surface area (Å²) in [6.45, 7) is 3.78. The maximum Gasteiger partial charge on any atom is 0.407 e. The standard InChI is InChI=1S/C8H15NO3/c1-2-12-7-4-3-5-9(6-7)8(10)11/h7H,2-6H2,1H3,(H,10,11). The molecule has 1 unspecified atom stereocenters. The lowest BCUT2D eigenvalue weighted by atomic mass is 10.1. The van der Waals surface area contributed by atoms with Crippen molar-refractivity contribution in [3.05, 3.63) is 0 Å². The van der Waals surface area contributed by atoms with Gasteiger partial charge in [-0.2, -0.15) is 0 Å². The van der Waals surface area contributed by atoms with Crippen molar-refractivity contribution in [1.82, 2.24) is 4.90 Å². The summed E-state index contributed by atoms with van der Waals surface area (Å²) in [4.78, 5) is 12.0. The fourth-order valence-corrected chi connectivity index (χ4v) is 1.48. The molecule has 70 valence electrons. The van der Waals surface area contributed by atoms with Gasteiger partial charge in [0.2, 0.25) is 0 Å². The Balaban J connectivity index is 2.35. The van der Waals surface area contributed by atoms with Crippen LogP contribution in [0, 0.1) is 0 Å². The maximum atomic E-state index is 10.6. The van der Waals surface area contributed by atoms with Gasteiger partial charge in [0.15, 0.2) is 0 Å². The first kappa shape index (κ1) is 9.32. The minimum atomic E-state index is -0.834. The average Bonchev–Trinajstić information content (AvgIpc) is 2.05. The number of carbonyl (C=O) groups is 1. The van der Waals surface area contributed by atoms with E-state index in [0.717, 1.165) is 12.8 Å². The highest BCUT2D eigenvalue weighted by Gasteiger charge is 2.22. The van der Waals surface area contributed by atoms with Crippen LogP contribution in [0.5, 0.6) is 0 Å². The molecule has 0 spiro atoms. The molecule has 1 aliphatic rings. The van der Waals surface area contributed by atoms with Gasteiger partial charge in [0, 0.05) is 13.2 Å². The van der Waals surface area contributed by atoms with Crippen molar-refractivity contribution < 1.29 is 14.6 Å². The number of hydrogen-bond acceptors (Lipinski definition) is 2. The third kappa shape index (κ3) is 2.37. The van der Waals surface area contributed by atoms with Crippen LogP contribution in [0.2, 0.25) is 0 Å². The molecule has 1 rings (SSSR count). The number of nitrogens with zero attached hydrogens (tertiary/aromatic N) is 1. The van der Waals surface area contributed by atoms with Gasteiger partial charge in [-0.05, 0) is 19.8 Å². The fraction of sp³-hybridized carbons (Fsp3) is 0.875. The van der Waals surface area contributed by atoms with E-state index in [1.807, 2.05) is 6.92 Å². The second-order valence-corrected chi connectivity index (χ2v) is 2.95. The van der Waals surface area contributed by atoms with Crippen molar-refractivity contribution in [3.63, 3.8) is 0 Å². The molecule has 0 aromatic rings. The van der Waals surface area contributed by atoms with Crippen LogP contribution >= 0.6 is 0 Å². The highest BCUT2D eigenvalue weighted by atomic mass is 16.5. The first-order chi connectivity index (χ1) is 5.74. The first-order valence-electron chi connectivity index (χ1n) is 4.33. The van der Waals surface area contributed by atoms with E-state index in [2.05, 4.69) is 0 Å². The van der Waals surface area contributed by atoms with E-state index in [0.29, 0.717) is 19.7 Å². The third-order valence-corrected chi connectivity index (χ3v) is 2.05. The van der Waals surface area contributed by atoms with Crippen molar-refractivity contribution in [2.75, 3.05) is 19.7 Å². The number of piperidine rings is 1. The Morgan fingerprint density at radius 2 is 2.50 bits per heavy atom. The second-order valence-electron chi connectivity index (χ2n) is 2.95. The summed E-state index contributed by atoms with van der Waals surface area (Å²) < 4.78 is 5.36. The summed E-state index contributed by atoms with van der Waals surface area (Å²) in [6.07, 6.45) is 1.17. The number of ether oxygens (including phenoxy) is 1. The molecule has 12 heavy (non-hydrogen) atoms. The molecule has 1 atom stereocenters. The normalized spacial score (nSPS) is 24.1. The lowest BCUT2D eigenvalue weighted by molar-refractivity contribution is 0.00927. The van der Waals surface area contributed by atoms with Crippen molar-refractivity contribution in [3.8, 4) is 0 Å². The summed E-state index contributed by atoms with van der Waals surface area (Å²) in [5.41, 5.74) is 0. The van der Waals surface area contributed by atoms with Gasteiger partial charge >= 0.3 is 6.09 Å². The number of hydrogen-bond donors (Lipinski definition) is 1. The molecule has 0 saturated carbocycles. The lowest BCUT2D eigenvalue weighted by Crippen LogP contribution is -2.42. The van der Waals surface area contributed by atoms with Gasteiger partial charge in [-0.3, -0.25) is 0 Å². The summed E-state index contributed by atoms with van der Waals surface area (Å²) in [5, 5.41) is 8.69. The zero-order valence-corrected chi connectivity index (χ0v) is 7.32. The quantitative estimate of drug-likeness (QED) is 0.681. The van der Waals surface area contributed by atoms with Crippen LogP contribution in [0.1, 0.15) is 19.8 Å². The SMILES string of the molecule is CCOC1CCCN(C(=O)O)C1. The van der Waals surface area contributed by atoms with Crippen molar-refractivity contribution in [2.24, 2.45) is 0 Å². The Hall–Kier alpha value is -0.770. The minimum Gasteiger partial charge on any atom is -0.465 e. The van der Waals surface area contributed by atoms with E-state index < -0.39 is 6.09 Å². The van der Waals surface area contributed by atoms with E-state index in [1.54, 1.807) is 0 Å². The smallest absolute Gasteiger partial charge is 0.407 e. The fourth-order valence-electron chi connectivity index (χ4n) is 1.48. The van der Waals surface area contributed by atoms with Crippen LogP contribution in [0.4, 0.5) is 4.79 Å². The van der Waals surface area contributed by atoms with E-state index in [4.69, 9.17) is 9.84 Å². The van der Waals surface area contributed by atoms with Crippen LogP contribution in [-0.2, 0) is 4.74 Å². The van der Waals surface area contributed by atoms with E-state index >= 15 is 0 Å². The molecule has 0 aliphatic carbocycles. The van der Waals surface area contributed by atoms with Crippen LogP contribution < -0.4 is 0 Å². The second kappa shape index (κ2) is 4.30. The highest BCUT2D eigenvalue weighted by Crippen LogP contribution is 2.12. The van der Waals surface area contributed by atoms with Crippen LogP contribution in [-0.4, -0.2) is 41.9 Å². The Bertz CT molecular complexity index is 158. The number of carboxylic acid groups (broad SMARTS) is 1. The van der Waals surface area contributed by atoms with Gasteiger partial charge in [-0.25, -0.2) is 4.79 Å². The van der Waals surface area contributed by atoms with Gasteiger partial charge in [0.1, 0.15) is 0 Å². The molecule has 1 fully saturated rings. The van der Waals surface area contributed by atoms with Crippen LogP contribution in [0.15, 0.2) is 0 Å². The molecular formula is C8H15NO3. The monoisotopic (exact) mass is 173 g/mol. The molecule has 4 nitrogen and oxygen atoms in total. The lowest BCUT2D eigenvalue weighted by Gasteiger charge is -2.30. The van der Waals surface area contributed by atoms with E-state index in [9.17, 15) is 4.79 Å². The zero-order chi connectivity index (χ0) is 8.97. The largest absolute Gasteiger partial charge is 0.465 e. The number of likely N-dealkylation sites (tertiary alicyclic amines) is 1. The Labute approximate surface area is 72.1 Å². The molecule has 1 heterocycles. The predicted octanol–water partition coefficient (Wildman–Crippen LogP) is 1.17. The van der Waals surface area contributed by atoms with Gasteiger partial charge in [-0.1, -0.05) is 0 Å². The third-order valence-electron chi connectivity index (χ3n) is 2.05. The van der Waals surface area contributed by atoms with E-state index in [1.165, 1.54) is 4.90 Å². The Morgan fingerprint density at radius 3 is 3.08 bits per heavy atom. The van der Waals surface area contributed by atoms with Gasteiger partial charge < -0.3 is 14.7 Å².